The molecule has 1 heterocycles. The topological polar surface area (TPSA) is 58.0 Å². The van der Waals surface area contributed by atoms with E-state index in [1.165, 1.54) is 0 Å². The van der Waals surface area contributed by atoms with Crippen LogP contribution in [0.1, 0.15) is 20.3 Å². The van der Waals surface area contributed by atoms with Crippen LogP contribution in [0.5, 0.6) is 0 Å². The van der Waals surface area contributed by atoms with Gasteiger partial charge in [0.05, 0.1) is 24.5 Å². The van der Waals surface area contributed by atoms with Crippen LogP contribution in [-0.2, 0) is 0 Å². The molecule has 0 saturated carbocycles. The molecule has 14 heavy (non-hydrogen) atoms. The van der Waals surface area contributed by atoms with Crippen molar-refractivity contribution in [1.82, 2.24) is 9.97 Å². The highest BCUT2D eigenvalue weighted by Crippen LogP contribution is 2.13. The Morgan fingerprint density at radius 2 is 2.07 bits per heavy atom. The second kappa shape index (κ2) is 4.32. The van der Waals surface area contributed by atoms with Crippen molar-refractivity contribution in [3.05, 3.63) is 18.2 Å². The molecular formula is C9H14FN3O. The van der Waals surface area contributed by atoms with E-state index in [1.807, 2.05) is 13.8 Å². The van der Waals surface area contributed by atoms with Crippen LogP contribution in [0.2, 0.25) is 0 Å². The number of halogens is 1. The number of nitrogens with zero attached hydrogens (tertiary/aromatic N) is 2. The Bertz CT molecular complexity index is 285. The van der Waals surface area contributed by atoms with Crippen LogP contribution >= 0.6 is 0 Å². The van der Waals surface area contributed by atoms with Crippen molar-refractivity contribution in [3.8, 4) is 0 Å². The van der Waals surface area contributed by atoms with Gasteiger partial charge < -0.3 is 10.4 Å². The first kappa shape index (κ1) is 10.8. The second-order valence-corrected chi connectivity index (χ2v) is 3.42. The van der Waals surface area contributed by atoms with Gasteiger partial charge in [-0.05, 0) is 13.3 Å². The van der Waals surface area contributed by atoms with Gasteiger partial charge in [-0.2, -0.15) is 0 Å². The lowest BCUT2D eigenvalue weighted by atomic mass is 10.0. The normalized spacial score (nSPS) is 14.9. The molecule has 78 valence electrons. The first-order valence-electron chi connectivity index (χ1n) is 4.46. The van der Waals surface area contributed by atoms with Gasteiger partial charge in [0, 0.05) is 0 Å². The Kier molecular flexibility index (Phi) is 3.35. The molecule has 1 rings (SSSR count). The molecule has 0 radical (unpaired) electrons. The molecule has 2 N–H and O–H groups in total. The fourth-order valence-electron chi connectivity index (χ4n) is 0.886. The van der Waals surface area contributed by atoms with Gasteiger partial charge in [0.1, 0.15) is 0 Å². The third-order valence-electron chi connectivity index (χ3n) is 2.16. The summed E-state index contributed by atoms with van der Waals surface area (Å²) in [7, 11) is 0. The molecule has 0 saturated heterocycles. The molecule has 1 unspecified atom stereocenters. The van der Waals surface area contributed by atoms with Crippen molar-refractivity contribution >= 4 is 5.95 Å². The number of aliphatic hydroxyl groups excluding tert-OH is 1. The molecule has 0 aliphatic carbocycles. The fraction of sp³-hybridized carbons (Fsp3) is 0.556. The zero-order valence-electron chi connectivity index (χ0n) is 8.29. The highest BCUT2D eigenvalue weighted by molar-refractivity contribution is 5.27. The van der Waals surface area contributed by atoms with Gasteiger partial charge >= 0.3 is 0 Å². The number of anilines is 1. The van der Waals surface area contributed by atoms with Gasteiger partial charge in [0.25, 0.3) is 0 Å². The van der Waals surface area contributed by atoms with Gasteiger partial charge in [-0.1, -0.05) is 6.92 Å². The van der Waals surface area contributed by atoms with Crippen molar-refractivity contribution in [2.24, 2.45) is 0 Å². The summed E-state index contributed by atoms with van der Waals surface area (Å²) in [5.41, 5.74) is -0.460. The van der Waals surface area contributed by atoms with E-state index >= 15 is 0 Å². The molecule has 0 aliphatic rings. The monoisotopic (exact) mass is 199 g/mol. The van der Waals surface area contributed by atoms with E-state index in [1.54, 1.807) is 0 Å². The summed E-state index contributed by atoms with van der Waals surface area (Å²) in [6.45, 7) is 3.76. The van der Waals surface area contributed by atoms with Crippen molar-refractivity contribution in [2.75, 3.05) is 11.9 Å². The molecule has 0 aromatic carbocycles. The van der Waals surface area contributed by atoms with Crippen molar-refractivity contribution < 1.29 is 9.50 Å². The molecular weight excluding hydrogens is 185 g/mol. The van der Waals surface area contributed by atoms with E-state index in [0.29, 0.717) is 5.95 Å². The van der Waals surface area contributed by atoms with Gasteiger partial charge in [-0.15, -0.1) is 0 Å². The van der Waals surface area contributed by atoms with Gasteiger partial charge in [0.2, 0.25) is 5.95 Å². The van der Waals surface area contributed by atoms with Crippen LogP contribution in [-0.4, -0.2) is 27.2 Å². The van der Waals surface area contributed by atoms with Crippen LogP contribution in [0.15, 0.2) is 12.4 Å². The smallest absolute Gasteiger partial charge is 0.223 e. The zero-order valence-corrected chi connectivity index (χ0v) is 8.29. The predicted molar refractivity (Wildman–Crippen MR) is 51.4 cm³/mol. The molecule has 0 fully saturated rings. The van der Waals surface area contributed by atoms with E-state index in [2.05, 4.69) is 15.3 Å². The molecule has 1 aromatic rings. The van der Waals surface area contributed by atoms with Crippen LogP contribution in [0.25, 0.3) is 0 Å². The van der Waals surface area contributed by atoms with Crippen LogP contribution in [0.3, 0.4) is 0 Å². The minimum Gasteiger partial charge on any atom is -0.394 e. The quantitative estimate of drug-likeness (QED) is 0.764. The fourth-order valence-corrected chi connectivity index (χ4v) is 0.886. The molecule has 0 spiro atoms. The summed E-state index contributed by atoms with van der Waals surface area (Å²) < 4.78 is 12.5. The van der Waals surface area contributed by atoms with Crippen LogP contribution in [0.4, 0.5) is 10.3 Å². The van der Waals surface area contributed by atoms with Crippen LogP contribution < -0.4 is 5.32 Å². The van der Waals surface area contributed by atoms with E-state index in [-0.39, 0.29) is 6.61 Å². The summed E-state index contributed by atoms with van der Waals surface area (Å²) in [4.78, 5) is 7.50. The summed E-state index contributed by atoms with van der Waals surface area (Å²) in [5.74, 6) is -0.150. The lowest BCUT2D eigenvalue weighted by Gasteiger charge is -2.26. The molecule has 1 aromatic heterocycles. The van der Waals surface area contributed by atoms with E-state index in [0.717, 1.165) is 18.8 Å². The number of hydrogen-bond acceptors (Lipinski definition) is 4. The standard InChI is InChI=1S/C9H14FN3O/c1-3-9(2,6-14)13-8-11-4-7(10)5-12-8/h4-5,14H,3,6H2,1-2H3,(H,11,12,13). The lowest BCUT2D eigenvalue weighted by molar-refractivity contribution is 0.218. The number of aliphatic hydroxyl groups is 1. The highest BCUT2D eigenvalue weighted by atomic mass is 19.1. The SMILES string of the molecule is CCC(C)(CO)Nc1ncc(F)cn1. The number of aromatic nitrogens is 2. The predicted octanol–water partition coefficient (Wildman–Crippen LogP) is 1.19. The number of hydrogen-bond donors (Lipinski definition) is 2. The molecule has 1 atom stereocenters. The average molecular weight is 199 g/mol. The van der Waals surface area contributed by atoms with E-state index in [9.17, 15) is 4.39 Å². The molecule has 5 heteroatoms. The van der Waals surface area contributed by atoms with Crippen molar-refractivity contribution in [3.63, 3.8) is 0 Å². The first-order chi connectivity index (χ1) is 6.59. The van der Waals surface area contributed by atoms with Gasteiger partial charge in [0.15, 0.2) is 5.82 Å². The Balaban J connectivity index is 2.72. The summed E-state index contributed by atoms with van der Waals surface area (Å²) in [6, 6.07) is 0. The molecule has 0 bridgehead atoms. The average Bonchev–Trinajstić information content (AvgIpc) is 2.21. The van der Waals surface area contributed by atoms with Crippen molar-refractivity contribution in [2.45, 2.75) is 25.8 Å². The third-order valence-corrected chi connectivity index (χ3v) is 2.16. The van der Waals surface area contributed by atoms with Gasteiger partial charge in [-0.3, -0.25) is 0 Å². The summed E-state index contributed by atoms with van der Waals surface area (Å²) in [5, 5.41) is 12.1. The summed E-state index contributed by atoms with van der Waals surface area (Å²) >= 11 is 0. The van der Waals surface area contributed by atoms with E-state index in [4.69, 9.17) is 5.11 Å². The van der Waals surface area contributed by atoms with Crippen LogP contribution in [0, 0.1) is 5.82 Å². The maximum atomic E-state index is 12.5. The lowest BCUT2D eigenvalue weighted by Crippen LogP contribution is -2.38. The number of rotatable bonds is 4. The third kappa shape index (κ3) is 2.63. The molecule has 0 amide bonds. The first-order valence-corrected chi connectivity index (χ1v) is 4.46. The molecule has 4 nitrogen and oxygen atoms in total. The maximum absolute atomic E-state index is 12.5. The highest BCUT2D eigenvalue weighted by Gasteiger charge is 2.21. The maximum Gasteiger partial charge on any atom is 0.223 e. The zero-order chi connectivity index (χ0) is 10.6. The Morgan fingerprint density at radius 3 is 2.50 bits per heavy atom. The largest absolute Gasteiger partial charge is 0.394 e. The minimum absolute atomic E-state index is 0.0236. The Labute approximate surface area is 82.2 Å². The summed E-state index contributed by atoms with van der Waals surface area (Å²) in [6.07, 6.45) is 2.90. The number of nitrogens with one attached hydrogen (secondary N) is 1. The second-order valence-electron chi connectivity index (χ2n) is 3.42. The van der Waals surface area contributed by atoms with Crippen molar-refractivity contribution in [1.29, 1.82) is 0 Å². The Hall–Kier alpha value is -1.23. The van der Waals surface area contributed by atoms with E-state index < -0.39 is 11.4 Å². The molecule has 0 aliphatic heterocycles. The van der Waals surface area contributed by atoms with Gasteiger partial charge in [-0.25, -0.2) is 14.4 Å². The minimum atomic E-state index is -0.474. The Morgan fingerprint density at radius 1 is 1.50 bits per heavy atom.